The van der Waals surface area contributed by atoms with Gasteiger partial charge >= 0.3 is 5.97 Å². The Hall–Kier alpha value is -0.986. The van der Waals surface area contributed by atoms with Crippen LogP contribution in [0.2, 0.25) is 0 Å². The molecule has 1 N–H and O–H groups in total. The Labute approximate surface area is 139 Å². The van der Waals surface area contributed by atoms with Crippen LogP contribution in [0.4, 0.5) is 0 Å². The Kier molecular flexibility index (Phi) is 11.4. The summed E-state index contributed by atoms with van der Waals surface area (Å²) in [6, 6.07) is 23.0. The van der Waals surface area contributed by atoms with Gasteiger partial charge in [-0.1, -0.05) is 0 Å². The molecule has 19 heavy (non-hydrogen) atoms. The average Bonchev–Trinajstić information content (AvgIpc) is 2.42. The molecule has 0 unspecified atom stereocenters. The second-order valence-corrected chi connectivity index (χ2v) is 3.73. The van der Waals surface area contributed by atoms with E-state index in [9.17, 15) is 4.79 Å². The first-order valence-corrected chi connectivity index (χ1v) is 5.87. The number of hydrogen-bond donors (Lipinski definition) is 1. The standard InChI is InChI=1S/C10H11O2.C6H5.Y/c11-10(12)8-4-7-9-5-2-1-3-6-9;1-2-4-6-5-3-1;/h2-3,5-6H,4,7-8H2,(H,11,12);1-5H;/q2*-1;. The predicted octanol–water partition coefficient (Wildman–Crippen LogP) is 3.38. The first-order chi connectivity index (χ1) is 8.79. The van der Waals surface area contributed by atoms with Crippen molar-refractivity contribution >= 4 is 5.97 Å². The van der Waals surface area contributed by atoms with Crippen LogP contribution in [0.1, 0.15) is 18.4 Å². The van der Waals surface area contributed by atoms with Gasteiger partial charge < -0.3 is 5.11 Å². The van der Waals surface area contributed by atoms with E-state index in [0.717, 1.165) is 6.42 Å². The van der Waals surface area contributed by atoms with E-state index in [0.29, 0.717) is 6.42 Å². The molecular formula is C16H16O2Y-2. The van der Waals surface area contributed by atoms with E-state index < -0.39 is 5.97 Å². The van der Waals surface area contributed by atoms with Gasteiger partial charge in [0.1, 0.15) is 0 Å². The van der Waals surface area contributed by atoms with E-state index in [-0.39, 0.29) is 39.1 Å². The molecule has 0 saturated carbocycles. The van der Waals surface area contributed by atoms with E-state index in [1.807, 2.05) is 54.6 Å². The first-order valence-electron chi connectivity index (χ1n) is 5.87. The number of carboxylic acid groups (broad SMARTS) is 1. The van der Waals surface area contributed by atoms with Crippen molar-refractivity contribution in [2.24, 2.45) is 0 Å². The Morgan fingerprint density at radius 2 is 1.58 bits per heavy atom. The smallest absolute Gasteiger partial charge is 0.303 e. The number of carbonyl (C=O) groups is 1. The van der Waals surface area contributed by atoms with Crippen LogP contribution in [0.15, 0.2) is 54.6 Å². The molecule has 0 heterocycles. The molecule has 2 aromatic carbocycles. The Morgan fingerprint density at radius 1 is 1.00 bits per heavy atom. The molecule has 2 nitrogen and oxygen atoms in total. The van der Waals surface area contributed by atoms with Gasteiger partial charge in [-0.25, -0.2) is 0 Å². The van der Waals surface area contributed by atoms with Gasteiger partial charge in [0.25, 0.3) is 0 Å². The van der Waals surface area contributed by atoms with Gasteiger partial charge in [0, 0.05) is 39.1 Å². The fourth-order valence-corrected chi connectivity index (χ4v) is 1.37. The molecule has 3 heteroatoms. The van der Waals surface area contributed by atoms with Crippen molar-refractivity contribution in [1.29, 1.82) is 0 Å². The SMILES string of the molecule is O=C(O)CCCc1cc[c-]cc1.[Y].[c-]1ccccc1. The summed E-state index contributed by atoms with van der Waals surface area (Å²) in [4.78, 5) is 10.2. The van der Waals surface area contributed by atoms with Gasteiger partial charge in [-0.05, 0) is 12.8 Å². The van der Waals surface area contributed by atoms with E-state index >= 15 is 0 Å². The fourth-order valence-electron chi connectivity index (χ4n) is 1.37. The molecule has 0 aliphatic heterocycles. The number of hydrogen-bond acceptors (Lipinski definition) is 1. The minimum absolute atomic E-state index is 0. The molecular weight excluding hydrogens is 313 g/mol. The number of aliphatic carboxylic acids is 1. The maximum absolute atomic E-state index is 10.2. The van der Waals surface area contributed by atoms with Crippen molar-refractivity contribution in [2.45, 2.75) is 19.3 Å². The number of benzene rings is 2. The van der Waals surface area contributed by atoms with Gasteiger partial charge in [-0.2, -0.15) is 72.3 Å². The molecule has 97 valence electrons. The fraction of sp³-hybridized carbons (Fsp3) is 0.188. The zero-order chi connectivity index (χ0) is 13.1. The Morgan fingerprint density at radius 3 is 2.00 bits per heavy atom. The number of carboxylic acids is 1. The van der Waals surface area contributed by atoms with Crippen LogP contribution in [-0.4, -0.2) is 11.1 Å². The van der Waals surface area contributed by atoms with Crippen LogP contribution >= 0.6 is 0 Å². The maximum Gasteiger partial charge on any atom is 0.303 e. The summed E-state index contributed by atoms with van der Waals surface area (Å²) in [6.07, 6.45) is 1.79. The summed E-state index contributed by atoms with van der Waals surface area (Å²) in [6.45, 7) is 0. The van der Waals surface area contributed by atoms with Gasteiger partial charge in [-0.15, -0.1) is 0 Å². The van der Waals surface area contributed by atoms with Crippen molar-refractivity contribution < 1.29 is 42.6 Å². The molecule has 0 amide bonds. The van der Waals surface area contributed by atoms with Gasteiger partial charge in [-0.3, -0.25) is 4.79 Å². The molecule has 0 bridgehead atoms. The van der Waals surface area contributed by atoms with Crippen LogP contribution in [0.5, 0.6) is 0 Å². The van der Waals surface area contributed by atoms with Crippen molar-refractivity contribution in [3.05, 3.63) is 72.3 Å². The van der Waals surface area contributed by atoms with E-state index in [2.05, 4.69) is 12.1 Å². The second kappa shape index (κ2) is 12.1. The van der Waals surface area contributed by atoms with Crippen molar-refractivity contribution in [3.63, 3.8) is 0 Å². The molecule has 0 saturated heterocycles. The molecule has 2 rings (SSSR count). The molecule has 0 aliphatic rings. The second-order valence-electron chi connectivity index (χ2n) is 3.73. The van der Waals surface area contributed by atoms with Crippen LogP contribution in [0.3, 0.4) is 0 Å². The zero-order valence-electron chi connectivity index (χ0n) is 10.8. The predicted molar refractivity (Wildman–Crippen MR) is 71.1 cm³/mol. The Balaban J connectivity index is 0.000000392. The molecule has 2 aromatic rings. The summed E-state index contributed by atoms with van der Waals surface area (Å²) in [5.41, 5.74) is 1.18. The minimum Gasteiger partial charge on any atom is -0.481 e. The summed E-state index contributed by atoms with van der Waals surface area (Å²) >= 11 is 0. The summed E-state index contributed by atoms with van der Waals surface area (Å²) in [5.74, 6) is -0.725. The van der Waals surface area contributed by atoms with Crippen LogP contribution in [0.25, 0.3) is 0 Å². The normalized spacial score (nSPS) is 8.63. The van der Waals surface area contributed by atoms with E-state index in [4.69, 9.17) is 5.11 Å². The number of aryl methyl sites for hydroxylation is 1. The number of rotatable bonds is 4. The van der Waals surface area contributed by atoms with Crippen LogP contribution < -0.4 is 0 Å². The molecule has 0 aliphatic carbocycles. The average molecular weight is 329 g/mol. The molecule has 0 fully saturated rings. The summed E-state index contributed by atoms with van der Waals surface area (Å²) in [5, 5.41) is 8.39. The van der Waals surface area contributed by atoms with Crippen LogP contribution in [0, 0.1) is 12.1 Å². The van der Waals surface area contributed by atoms with Crippen molar-refractivity contribution in [3.8, 4) is 0 Å². The zero-order valence-corrected chi connectivity index (χ0v) is 13.6. The molecule has 0 atom stereocenters. The van der Waals surface area contributed by atoms with Crippen molar-refractivity contribution in [1.82, 2.24) is 0 Å². The third kappa shape index (κ3) is 10.6. The summed E-state index contributed by atoms with van der Waals surface area (Å²) in [7, 11) is 0. The van der Waals surface area contributed by atoms with Gasteiger partial charge in [0.15, 0.2) is 0 Å². The monoisotopic (exact) mass is 329 g/mol. The topological polar surface area (TPSA) is 37.3 Å². The van der Waals surface area contributed by atoms with Crippen molar-refractivity contribution in [2.75, 3.05) is 0 Å². The van der Waals surface area contributed by atoms with Crippen LogP contribution in [-0.2, 0) is 43.9 Å². The molecule has 0 spiro atoms. The third-order valence-corrected chi connectivity index (χ3v) is 2.25. The molecule has 1 radical (unpaired) electrons. The van der Waals surface area contributed by atoms with Gasteiger partial charge in [0.05, 0.1) is 0 Å². The largest absolute Gasteiger partial charge is 0.481 e. The summed E-state index contributed by atoms with van der Waals surface area (Å²) < 4.78 is 0. The van der Waals surface area contributed by atoms with Gasteiger partial charge in [0.2, 0.25) is 0 Å². The van der Waals surface area contributed by atoms with E-state index in [1.165, 1.54) is 5.56 Å². The quantitative estimate of drug-likeness (QED) is 0.873. The van der Waals surface area contributed by atoms with E-state index in [1.54, 1.807) is 0 Å². The minimum atomic E-state index is -0.725. The third-order valence-electron chi connectivity index (χ3n) is 2.25. The first kappa shape index (κ1) is 18.0. The molecule has 0 aromatic heterocycles. The maximum atomic E-state index is 10.2. The Bertz CT molecular complexity index is 402.